The molecule has 3 nitrogen and oxygen atoms in total. The van der Waals surface area contributed by atoms with E-state index in [4.69, 9.17) is 11.6 Å². The van der Waals surface area contributed by atoms with Crippen molar-refractivity contribution in [3.05, 3.63) is 57.5 Å². The first-order valence-electron chi connectivity index (χ1n) is 5.57. The quantitative estimate of drug-likeness (QED) is 0.887. The Morgan fingerprint density at radius 3 is 2.58 bits per heavy atom. The highest BCUT2D eigenvalue weighted by molar-refractivity contribution is 9.10. The van der Waals surface area contributed by atoms with Crippen molar-refractivity contribution in [3.63, 3.8) is 0 Å². The van der Waals surface area contributed by atoms with Crippen molar-refractivity contribution >= 4 is 39.1 Å². The number of aromatic hydroxyl groups is 1. The van der Waals surface area contributed by atoms with Gasteiger partial charge in [-0.1, -0.05) is 23.7 Å². The number of halogens is 2. The van der Waals surface area contributed by atoms with Crippen molar-refractivity contribution in [1.82, 2.24) is 0 Å². The van der Waals surface area contributed by atoms with E-state index in [1.54, 1.807) is 42.5 Å². The molecule has 0 saturated heterocycles. The summed E-state index contributed by atoms with van der Waals surface area (Å²) in [5.41, 5.74) is 1.46. The minimum atomic E-state index is -0.145. The molecule has 0 bridgehead atoms. The predicted molar refractivity (Wildman–Crippen MR) is 79.6 cm³/mol. The van der Waals surface area contributed by atoms with Crippen LogP contribution in [-0.2, 0) is 11.2 Å². The molecule has 0 atom stereocenters. The van der Waals surface area contributed by atoms with E-state index >= 15 is 0 Å². The maximum Gasteiger partial charge on any atom is 0.228 e. The van der Waals surface area contributed by atoms with Gasteiger partial charge in [0.25, 0.3) is 0 Å². The lowest BCUT2D eigenvalue weighted by molar-refractivity contribution is -0.115. The molecule has 2 aromatic carbocycles. The van der Waals surface area contributed by atoms with E-state index in [0.29, 0.717) is 10.7 Å². The molecule has 98 valence electrons. The Kier molecular flexibility index (Phi) is 4.45. The number of nitrogens with one attached hydrogen (secondary N) is 1. The van der Waals surface area contributed by atoms with Gasteiger partial charge in [-0.2, -0.15) is 0 Å². The van der Waals surface area contributed by atoms with E-state index in [1.807, 2.05) is 0 Å². The van der Waals surface area contributed by atoms with Crippen molar-refractivity contribution < 1.29 is 9.90 Å². The van der Waals surface area contributed by atoms with E-state index in [9.17, 15) is 9.90 Å². The molecule has 0 radical (unpaired) electrons. The number of carbonyl (C=O) groups excluding carboxylic acids is 1. The van der Waals surface area contributed by atoms with Crippen LogP contribution < -0.4 is 5.32 Å². The largest absolute Gasteiger partial charge is 0.508 e. The van der Waals surface area contributed by atoms with Crippen LogP contribution in [0.5, 0.6) is 5.75 Å². The van der Waals surface area contributed by atoms with Crippen LogP contribution in [0.15, 0.2) is 46.9 Å². The average Bonchev–Trinajstić information content (AvgIpc) is 2.37. The van der Waals surface area contributed by atoms with Crippen molar-refractivity contribution in [3.8, 4) is 5.75 Å². The maximum absolute atomic E-state index is 11.9. The van der Waals surface area contributed by atoms with Gasteiger partial charge in [0, 0.05) is 9.50 Å². The number of benzene rings is 2. The van der Waals surface area contributed by atoms with Crippen molar-refractivity contribution in [2.75, 3.05) is 5.32 Å². The topological polar surface area (TPSA) is 49.3 Å². The van der Waals surface area contributed by atoms with Crippen LogP contribution in [0.2, 0.25) is 5.02 Å². The van der Waals surface area contributed by atoms with E-state index < -0.39 is 0 Å². The fraction of sp³-hybridized carbons (Fsp3) is 0.0714. The zero-order chi connectivity index (χ0) is 13.8. The molecule has 1 amide bonds. The highest BCUT2D eigenvalue weighted by atomic mass is 79.9. The fourth-order valence-electron chi connectivity index (χ4n) is 1.59. The summed E-state index contributed by atoms with van der Waals surface area (Å²) in [6.07, 6.45) is 0.235. The van der Waals surface area contributed by atoms with Gasteiger partial charge in [-0.15, -0.1) is 0 Å². The first-order valence-corrected chi connectivity index (χ1v) is 6.74. The molecule has 0 aliphatic heterocycles. The first kappa shape index (κ1) is 13.9. The summed E-state index contributed by atoms with van der Waals surface area (Å²) < 4.78 is 0.774. The Labute approximate surface area is 124 Å². The van der Waals surface area contributed by atoms with Crippen molar-refractivity contribution in [1.29, 1.82) is 0 Å². The number of phenols is 1. The summed E-state index contributed by atoms with van der Waals surface area (Å²) in [6, 6.07) is 11.7. The summed E-state index contributed by atoms with van der Waals surface area (Å²) in [5.74, 6) is 0.0374. The second-order valence-corrected chi connectivity index (χ2v) is 5.31. The summed E-state index contributed by atoms with van der Waals surface area (Å²) in [5, 5.41) is 12.5. The molecule has 2 aromatic rings. The van der Waals surface area contributed by atoms with Gasteiger partial charge in [-0.25, -0.2) is 0 Å². The molecule has 0 unspecified atom stereocenters. The average molecular weight is 341 g/mol. The molecular weight excluding hydrogens is 330 g/mol. The van der Waals surface area contributed by atoms with Crippen LogP contribution in [-0.4, -0.2) is 11.0 Å². The Bertz CT molecular complexity index is 599. The Morgan fingerprint density at radius 2 is 1.89 bits per heavy atom. The minimum absolute atomic E-state index is 0.145. The number of anilines is 1. The number of phenolic OH excluding ortho intramolecular Hbond substituents is 1. The van der Waals surface area contributed by atoms with E-state index in [-0.39, 0.29) is 18.1 Å². The lowest BCUT2D eigenvalue weighted by Crippen LogP contribution is -2.14. The predicted octanol–water partition coefficient (Wildman–Crippen LogP) is 3.99. The fourth-order valence-corrected chi connectivity index (χ4v) is 2.10. The highest BCUT2D eigenvalue weighted by Crippen LogP contribution is 2.26. The smallest absolute Gasteiger partial charge is 0.228 e. The SMILES string of the molecule is O=C(Cc1ccc(O)cc1)Nc1cc(Cl)ccc1Br. The number of amides is 1. The lowest BCUT2D eigenvalue weighted by atomic mass is 10.1. The molecule has 0 fully saturated rings. The Morgan fingerprint density at radius 1 is 1.21 bits per heavy atom. The molecule has 0 aromatic heterocycles. The third-order valence-corrected chi connectivity index (χ3v) is 3.43. The van der Waals surface area contributed by atoms with Crippen LogP contribution >= 0.6 is 27.5 Å². The Hall–Kier alpha value is -1.52. The van der Waals surface area contributed by atoms with Crippen LogP contribution in [0.3, 0.4) is 0 Å². The van der Waals surface area contributed by atoms with Gasteiger partial charge in [-0.05, 0) is 51.8 Å². The third kappa shape index (κ3) is 3.98. The van der Waals surface area contributed by atoms with E-state index in [2.05, 4.69) is 21.2 Å². The molecule has 0 aliphatic rings. The van der Waals surface area contributed by atoms with E-state index in [1.165, 1.54) is 0 Å². The van der Waals surface area contributed by atoms with Gasteiger partial charge in [-0.3, -0.25) is 4.79 Å². The zero-order valence-electron chi connectivity index (χ0n) is 9.86. The van der Waals surface area contributed by atoms with Gasteiger partial charge in [0.05, 0.1) is 12.1 Å². The molecule has 0 aliphatic carbocycles. The summed E-state index contributed by atoms with van der Waals surface area (Å²) in [4.78, 5) is 11.9. The second kappa shape index (κ2) is 6.08. The zero-order valence-corrected chi connectivity index (χ0v) is 12.2. The van der Waals surface area contributed by atoms with E-state index in [0.717, 1.165) is 10.0 Å². The number of rotatable bonds is 3. The summed E-state index contributed by atoms with van der Waals surface area (Å²) in [6.45, 7) is 0. The monoisotopic (exact) mass is 339 g/mol. The standard InChI is InChI=1S/C14H11BrClNO2/c15-12-6-3-10(16)8-13(12)17-14(19)7-9-1-4-11(18)5-2-9/h1-6,8,18H,7H2,(H,17,19). The molecule has 0 spiro atoms. The van der Waals surface area contributed by atoms with Crippen molar-refractivity contribution in [2.24, 2.45) is 0 Å². The summed E-state index contributed by atoms with van der Waals surface area (Å²) >= 11 is 9.23. The molecule has 2 rings (SSSR count). The first-order chi connectivity index (χ1) is 9.04. The molecule has 19 heavy (non-hydrogen) atoms. The lowest BCUT2D eigenvalue weighted by Gasteiger charge is -2.08. The van der Waals surface area contributed by atoms with Crippen LogP contribution in [0, 0.1) is 0 Å². The maximum atomic E-state index is 11.9. The number of carbonyl (C=O) groups is 1. The highest BCUT2D eigenvalue weighted by Gasteiger charge is 2.07. The normalized spacial score (nSPS) is 10.2. The van der Waals surface area contributed by atoms with Gasteiger partial charge in [0.1, 0.15) is 5.75 Å². The summed E-state index contributed by atoms with van der Waals surface area (Å²) in [7, 11) is 0. The minimum Gasteiger partial charge on any atom is -0.508 e. The third-order valence-electron chi connectivity index (χ3n) is 2.50. The van der Waals surface area contributed by atoms with Crippen LogP contribution in [0.25, 0.3) is 0 Å². The Balaban J connectivity index is 2.05. The molecule has 2 N–H and O–H groups in total. The van der Waals surface area contributed by atoms with Crippen LogP contribution in [0.1, 0.15) is 5.56 Å². The van der Waals surface area contributed by atoms with Gasteiger partial charge >= 0.3 is 0 Å². The molecular formula is C14H11BrClNO2. The van der Waals surface area contributed by atoms with Crippen LogP contribution in [0.4, 0.5) is 5.69 Å². The second-order valence-electron chi connectivity index (χ2n) is 4.02. The van der Waals surface area contributed by atoms with Crippen molar-refractivity contribution in [2.45, 2.75) is 6.42 Å². The van der Waals surface area contributed by atoms with Gasteiger partial charge < -0.3 is 10.4 Å². The molecule has 5 heteroatoms. The number of hydrogen-bond acceptors (Lipinski definition) is 2. The van der Waals surface area contributed by atoms with Gasteiger partial charge in [0.2, 0.25) is 5.91 Å². The van der Waals surface area contributed by atoms with Gasteiger partial charge in [0.15, 0.2) is 0 Å². The molecule has 0 heterocycles. The molecule has 0 saturated carbocycles. The number of hydrogen-bond donors (Lipinski definition) is 2.